The van der Waals surface area contributed by atoms with Gasteiger partial charge < -0.3 is 9.97 Å². The van der Waals surface area contributed by atoms with Gasteiger partial charge in [0.15, 0.2) is 0 Å². The predicted octanol–water partition coefficient (Wildman–Crippen LogP) is 0.207. The number of hydrogen-bond acceptors (Lipinski definition) is 1. The van der Waals surface area contributed by atoms with Crippen LogP contribution in [-0.2, 0) is 32.7 Å². The smallest absolute Gasteiger partial charge is 0 e. The third kappa shape index (κ3) is 1.68. The van der Waals surface area contributed by atoms with Crippen LogP contribution in [0.1, 0.15) is 0 Å². The molecule has 6 heavy (non-hydrogen) atoms. The van der Waals surface area contributed by atoms with Crippen molar-refractivity contribution in [2.45, 2.75) is 0 Å². The summed E-state index contributed by atoms with van der Waals surface area (Å²) in [5.74, 6) is 0. The minimum atomic E-state index is 0. The van der Waals surface area contributed by atoms with Crippen LogP contribution in [0.3, 0.4) is 0 Å². The van der Waals surface area contributed by atoms with Gasteiger partial charge in [-0.05, 0) is 0 Å². The summed E-state index contributed by atoms with van der Waals surface area (Å²) in [5, 5.41) is 0. The largest absolute Gasteiger partial charge is 0.444 e. The first-order valence-electron chi connectivity index (χ1n) is 1.35. The summed E-state index contributed by atoms with van der Waals surface area (Å²) in [7, 11) is 0. The average Bonchev–Trinajstić information content (AvgIpc) is 1.76. The maximum absolute atomic E-state index is 3.54. The van der Waals surface area contributed by atoms with Crippen molar-refractivity contribution in [3.05, 3.63) is 18.7 Å². The van der Waals surface area contributed by atoms with Crippen LogP contribution in [0, 0.1) is 6.20 Å². The predicted molar refractivity (Wildman–Crippen MR) is 17.4 cm³/mol. The van der Waals surface area contributed by atoms with Crippen LogP contribution in [0.4, 0.5) is 0 Å². The summed E-state index contributed by atoms with van der Waals surface area (Å²) in [5.41, 5.74) is 0. The second kappa shape index (κ2) is 3.50. The molecule has 1 aromatic heterocycles. The molecule has 0 bridgehead atoms. The van der Waals surface area contributed by atoms with E-state index in [0.29, 0.717) is 0 Å². The molecule has 2 nitrogen and oxygen atoms in total. The van der Waals surface area contributed by atoms with Gasteiger partial charge in [-0.25, -0.2) is 0 Å². The van der Waals surface area contributed by atoms with E-state index in [1.54, 1.807) is 12.5 Å². The topological polar surface area (TPSA) is 28.7 Å². The zero-order chi connectivity index (χ0) is 3.54. The van der Waals surface area contributed by atoms with Gasteiger partial charge in [-0.3, -0.25) is 0 Å². The third-order valence-corrected chi connectivity index (χ3v) is 0.362. The maximum atomic E-state index is 3.54. The van der Waals surface area contributed by atoms with Crippen LogP contribution in [0.5, 0.6) is 0 Å². The molecule has 1 heterocycles. The van der Waals surface area contributed by atoms with Crippen LogP contribution in [0.15, 0.2) is 12.5 Å². The van der Waals surface area contributed by atoms with Crippen molar-refractivity contribution in [1.82, 2.24) is 9.97 Å². The standard InChI is InChI=1S/C3H3N2.Y/c1-2-5-3-4-1;/h1,3H,(H,4,5);/q-1;. The molecule has 0 aliphatic rings. The molecule has 3 heteroatoms. The van der Waals surface area contributed by atoms with E-state index in [2.05, 4.69) is 16.2 Å². The number of nitrogens with zero attached hydrogens (tertiary/aromatic N) is 1. The van der Waals surface area contributed by atoms with Gasteiger partial charge in [0.05, 0.1) is 0 Å². The van der Waals surface area contributed by atoms with E-state index >= 15 is 0 Å². The van der Waals surface area contributed by atoms with Gasteiger partial charge in [-0.1, -0.05) is 12.5 Å². The van der Waals surface area contributed by atoms with Crippen molar-refractivity contribution in [3.63, 3.8) is 0 Å². The van der Waals surface area contributed by atoms with E-state index in [-0.39, 0.29) is 32.7 Å². The van der Waals surface area contributed by atoms with Gasteiger partial charge in [0.25, 0.3) is 0 Å². The van der Waals surface area contributed by atoms with Gasteiger partial charge in [0.1, 0.15) is 0 Å². The third-order valence-electron chi connectivity index (χ3n) is 0.362. The fraction of sp³-hybridized carbons (Fsp3) is 0. The van der Waals surface area contributed by atoms with Crippen molar-refractivity contribution in [1.29, 1.82) is 0 Å². The minimum absolute atomic E-state index is 0. The summed E-state index contributed by atoms with van der Waals surface area (Å²) >= 11 is 0. The second-order valence-corrected chi connectivity index (χ2v) is 0.698. The summed E-state index contributed by atoms with van der Waals surface area (Å²) in [6.07, 6.45) is 5.76. The molecule has 1 N–H and O–H groups in total. The second-order valence-electron chi connectivity index (χ2n) is 0.698. The van der Waals surface area contributed by atoms with Crippen LogP contribution in [0.25, 0.3) is 0 Å². The average molecular weight is 156 g/mol. The van der Waals surface area contributed by atoms with Crippen LogP contribution < -0.4 is 0 Å². The fourth-order valence-electron chi connectivity index (χ4n) is 0.186. The molecule has 29 valence electrons. The number of hydrogen-bond donors (Lipinski definition) is 1. The number of aromatic nitrogens is 2. The van der Waals surface area contributed by atoms with E-state index in [0.717, 1.165) is 0 Å². The van der Waals surface area contributed by atoms with Gasteiger partial charge in [0.2, 0.25) is 0 Å². The van der Waals surface area contributed by atoms with Gasteiger partial charge in [0, 0.05) is 32.7 Å². The molecule has 0 saturated carbocycles. The van der Waals surface area contributed by atoms with Crippen molar-refractivity contribution < 1.29 is 32.7 Å². The molecule has 0 aliphatic heterocycles. The van der Waals surface area contributed by atoms with E-state index < -0.39 is 0 Å². The Morgan fingerprint density at radius 2 is 2.50 bits per heavy atom. The summed E-state index contributed by atoms with van der Waals surface area (Å²) < 4.78 is 0. The number of H-pyrrole nitrogens is 1. The molecular weight excluding hydrogens is 153 g/mol. The maximum Gasteiger partial charge on any atom is 0 e. The fourth-order valence-corrected chi connectivity index (χ4v) is 0.186. The SMILES string of the molecule is [Y].[c-]1c[nH]cn1. The van der Waals surface area contributed by atoms with Crippen molar-refractivity contribution in [2.24, 2.45) is 0 Å². The first kappa shape index (κ1) is 6.31. The Balaban J connectivity index is 0.000000250. The molecule has 1 rings (SSSR count). The molecule has 0 amide bonds. The van der Waals surface area contributed by atoms with Crippen molar-refractivity contribution >= 4 is 0 Å². The Kier molecular flexibility index (Phi) is 3.69. The molecule has 0 atom stereocenters. The Labute approximate surface area is 61.2 Å². The molecule has 1 radical (unpaired) electrons. The number of nitrogens with one attached hydrogen (secondary N) is 1. The Morgan fingerprint density at radius 1 is 1.67 bits per heavy atom. The summed E-state index contributed by atoms with van der Waals surface area (Å²) in [6.45, 7) is 0. The van der Waals surface area contributed by atoms with Crippen molar-refractivity contribution in [3.8, 4) is 0 Å². The zero-order valence-corrected chi connectivity index (χ0v) is 6.02. The first-order chi connectivity index (χ1) is 2.50. The normalized spacial score (nSPS) is 6.67. The zero-order valence-electron chi connectivity index (χ0n) is 3.18. The van der Waals surface area contributed by atoms with E-state index in [1.165, 1.54) is 0 Å². The Hall–Kier alpha value is 0.314. The summed E-state index contributed by atoms with van der Waals surface area (Å²) in [4.78, 5) is 6.24. The molecule has 0 spiro atoms. The molecule has 0 aliphatic carbocycles. The first-order valence-corrected chi connectivity index (χ1v) is 1.35. The molecule has 0 fully saturated rings. The molecule has 0 saturated heterocycles. The minimum Gasteiger partial charge on any atom is -0.444 e. The van der Waals surface area contributed by atoms with E-state index in [9.17, 15) is 0 Å². The number of rotatable bonds is 0. The Morgan fingerprint density at radius 3 is 2.67 bits per heavy atom. The number of aromatic amines is 1. The van der Waals surface area contributed by atoms with Gasteiger partial charge >= 0.3 is 0 Å². The van der Waals surface area contributed by atoms with Gasteiger partial charge in [-0.15, -0.1) is 6.20 Å². The van der Waals surface area contributed by atoms with E-state index in [1.807, 2.05) is 0 Å². The van der Waals surface area contributed by atoms with Gasteiger partial charge in [-0.2, -0.15) is 0 Å². The van der Waals surface area contributed by atoms with E-state index in [4.69, 9.17) is 0 Å². The molecule has 1 aromatic rings. The molecule has 0 unspecified atom stereocenters. The number of imidazole rings is 1. The van der Waals surface area contributed by atoms with Crippen LogP contribution >= 0.6 is 0 Å². The Bertz CT molecular complexity index is 65.3. The quantitative estimate of drug-likeness (QED) is 0.534. The monoisotopic (exact) mass is 156 g/mol. The molecule has 0 aromatic carbocycles. The summed E-state index contributed by atoms with van der Waals surface area (Å²) in [6, 6.07) is 0. The molecular formula is C3H3N2Y-. The van der Waals surface area contributed by atoms with Crippen molar-refractivity contribution in [2.75, 3.05) is 0 Å². The van der Waals surface area contributed by atoms with Crippen LogP contribution in [-0.4, -0.2) is 9.97 Å². The van der Waals surface area contributed by atoms with Crippen LogP contribution in [0.2, 0.25) is 0 Å².